The molecule has 1 N–H and O–H groups in total. The normalized spacial score (nSPS) is 15.3. The topological polar surface area (TPSA) is 21.3 Å². The van der Waals surface area contributed by atoms with Crippen LogP contribution in [0.1, 0.15) is 41.0 Å². The lowest BCUT2D eigenvalue weighted by Gasteiger charge is -2.19. The molecule has 0 aliphatic carbocycles. The highest BCUT2D eigenvalue weighted by molar-refractivity contribution is 9.10. The first-order valence-corrected chi connectivity index (χ1v) is 8.62. The van der Waals surface area contributed by atoms with Crippen LogP contribution in [-0.4, -0.2) is 6.54 Å². The van der Waals surface area contributed by atoms with Gasteiger partial charge in [-0.2, -0.15) is 0 Å². The number of fused-ring (bicyclic) bond motifs is 1. The average Bonchev–Trinajstić information content (AvgIpc) is 3.08. The monoisotopic (exact) mass is 351 g/mol. The van der Waals surface area contributed by atoms with Crippen LogP contribution in [0.5, 0.6) is 0 Å². The number of hydrogen-bond acceptors (Lipinski definition) is 3. The zero-order chi connectivity index (χ0) is 13.9. The van der Waals surface area contributed by atoms with E-state index < -0.39 is 0 Å². The van der Waals surface area contributed by atoms with Gasteiger partial charge in [0.2, 0.25) is 0 Å². The van der Waals surface area contributed by atoms with Crippen LogP contribution in [0.2, 0.25) is 0 Å². The van der Waals surface area contributed by atoms with E-state index in [1.54, 1.807) is 11.3 Å². The Balaban J connectivity index is 1.94. The third-order valence-corrected chi connectivity index (χ3v) is 5.52. The molecule has 1 aliphatic rings. The van der Waals surface area contributed by atoms with E-state index in [1.807, 2.05) is 0 Å². The minimum absolute atomic E-state index is 0.259. The third kappa shape index (κ3) is 2.84. The summed E-state index contributed by atoms with van der Waals surface area (Å²) < 4.78 is 6.71. The molecule has 4 heteroatoms. The van der Waals surface area contributed by atoms with Crippen LogP contribution >= 0.6 is 27.3 Å². The molecule has 0 fully saturated rings. The fourth-order valence-electron chi connectivity index (χ4n) is 2.53. The van der Waals surface area contributed by atoms with E-state index in [4.69, 9.17) is 4.74 Å². The molecule has 2 heterocycles. The van der Waals surface area contributed by atoms with Gasteiger partial charge in [0.25, 0.3) is 0 Å². The summed E-state index contributed by atoms with van der Waals surface area (Å²) in [5, 5.41) is 5.80. The maximum absolute atomic E-state index is 5.52. The van der Waals surface area contributed by atoms with Gasteiger partial charge in [-0.25, -0.2) is 0 Å². The maximum atomic E-state index is 5.52. The lowest BCUT2D eigenvalue weighted by atomic mass is 10.00. The third-order valence-electron chi connectivity index (χ3n) is 3.58. The van der Waals surface area contributed by atoms with Gasteiger partial charge >= 0.3 is 0 Å². The van der Waals surface area contributed by atoms with Crippen LogP contribution in [0, 0.1) is 0 Å². The number of nitrogens with one attached hydrogen (secondary N) is 1. The predicted molar refractivity (Wildman–Crippen MR) is 87.1 cm³/mol. The number of rotatable bonds is 5. The maximum Gasteiger partial charge on any atom is 0.0725 e. The summed E-state index contributed by atoms with van der Waals surface area (Å²) in [6.45, 7) is 4.72. The largest absolute Gasteiger partial charge is 0.372 e. The van der Waals surface area contributed by atoms with E-state index in [1.165, 1.54) is 26.0 Å². The SMILES string of the molecule is CCCNC(c1ccc2c(c1)COC2)c1sccc1Br. The summed E-state index contributed by atoms with van der Waals surface area (Å²) in [4.78, 5) is 1.34. The van der Waals surface area contributed by atoms with Crippen LogP contribution in [0.15, 0.2) is 34.1 Å². The zero-order valence-electron chi connectivity index (χ0n) is 11.5. The van der Waals surface area contributed by atoms with Crippen LogP contribution < -0.4 is 5.32 Å². The van der Waals surface area contributed by atoms with Crippen molar-refractivity contribution in [1.29, 1.82) is 0 Å². The van der Waals surface area contributed by atoms with Crippen molar-refractivity contribution in [1.82, 2.24) is 5.32 Å². The fraction of sp³-hybridized carbons (Fsp3) is 0.375. The number of thiophene rings is 1. The zero-order valence-corrected chi connectivity index (χ0v) is 13.9. The second-order valence-electron chi connectivity index (χ2n) is 5.04. The Labute approximate surface area is 132 Å². The van der Waals surface area contributed by atoms with Gasteiger partial charge in [0.1, 0.15) is 0 Å². The Hall–Kier alpha value is -0.680. The van der Waals surface area contributed by atoms with Crippen molar-refractivity contribution in [2.24, 2.45) is 0 Å². The Morgan fingerprint density at radius 2 is 2.15 bits per heavy atom. The Morgan fingerprint density at radius 3 is 2.90 bits per heavy atom. The van der Waals surface area contributed by atoms with Gasteiger partial charge in [-0.1, -0.05) is 25.1 Å². The molecule has 2 nitrogen and oxygen atoms in total. The fourth-order valence-corrected chi connectivity index (χ4v) is 4.24. The lowest BCUT2D eigenvalue weighted by Crippen LogP contribution is -2.22. The highest BCUT2D eigenvalue weighted by Gasteiger charge is 2.20. The van der Waals surface area contributed by atoms with Crippen molar-refractivity contribution in [3.05, 3.63) is 55.7 Å². The van der Waals surface area contributed by atoms with Gasteiger partial charge in [-0.05, 0) is 57.0 Å². The molecule has 0 saturated carbocycles. The number of benzene rings is 1. The van der Waals surface area contributed by atoms with Crippen molar-refractivity contribution in [3.8, 4) is 0 Å². The van der Waals surface area contributed by atoms with Crippen molar-refractivity contribution in [2.75, 3.05) is 6.54 Å². The van der Waals surface area contributed by atoms with Crippen LogP contribution in [-0.2, 0) is 18.0 Å². The molecule has 1 aromatic heterocycles. The summed E-state index contributed by atoms with van der Waals surface area (Å²) in [5.74, 6) is 0. The quantitative estimate of drug-likeness (QED) is 0.847. The van der Waals surface area contributed by atoms with Crippen molar-refractivity contribution >= 4 is 27.3 Å². The predicted octanol–water partition coefficient (Wildman–Crippen LogP) is 4.63. The molecular formula is C16H18BrNOS. The minimum atomic E-state index is 0.259. The smallest absolute Gasteiger partial charge is 0.0725 e. The highest BCUT2D eigenvalue weighted by atomic mass is 79.9. The molecule has 20 heavy (non-hydrogen) atoms. The summed E-state index contributed by atoms with van der Waals surface area (Å²) in [6, 6.07) is 9.11. The van der Waals surface area contributed by atoms with Crippen molar-refractivity contribution < 1.29 is 4.74 Å². The molecule has 0 saturated heterocycles. The molecule has 0 spiro atoms. The van der Waals surface area contributed by atoms with Gasteiger partial charge in [0.15, 0.2) is 0 Å². The molecular weight excluding hydrogens is 334 g/mol. The summed E-state index contributed by atoms with van der Waals surface area (Å²) in [6.07, 6.45) is 1.13. The highest BCUT2D eigenvalue weighted by Crippen LogP contribution is 2.34. The molecule has 0 radical (unpaired) electrons. The van der Waals surface area contributed by atoms with E-state index in [0.29, 0.717) is 0 Å². The first kappa shape index (κ1) is 14.3. The second kappa shape index (κ2) is 6.39. The van der Waals surface area contributed by atoms with Crippen molar-refractivity contribution in [2.45, 2.75) is 32.6 Å². The van der Waals surface area contributed by atoms with Gasteiger partial charge in [0, 0.05) is 9.35 Å². The van der Waals surface area contributed by atoms with E-state index in [0.717, 1.165) is 26.2 Å². The number of ether oxygens (including phenoxy) is 1. The molecule has 1 atom stereocenters. The van der Waals surface area contributed by atoms with Crippen LogP contribution in [0.25, 0.3) is 0 Å². The first-order chi connectivity index (χ1) is 9.79. The van der Waals surface area contributed by atoms with Gasteiger partial charge < -0.3 is 10.1 Å². The van der Waals surface area contributed by atoms with Crippen molar-refractivity contribution in [3.63, 3.8) is 0 Å². The van der Waals surface area contributed by atoms with E-state index in [9.17, 15) is 0 Å². The summed E-state index contributed by atoms with van der Waals surface area (Å²) in [5.41, 5.74) is 3.98. The molecule has 0 bridgehead atoms. The Bertz CT molecular complexity index is 596. The van der Waals surface area contributed by atoms with E-state index in [-0.39, 0.29) is 6.04 Å². The average molecular weight is 352 g/mol. The lowest BCUT2D eigenvalue weighted by molar-refractivity contribution is 0.134. The van der Waals surface area contributed by atoms with Crippen LogP contribution in [0.4, 0.5) is 0 Å². The van der Waals surface area contributed by atoms with E-state index >= 15 is 0 Å². The Morgan fingerprint density at radius 1 is 1.30 bits per heavy atom. The standard InChI is InChI=1S/C16H18BrNOS/c1-2-6-18-15(16-14(17)5-7-20-16)11-3-4-12-9-19-10-13(12)8-11/h3-5,7-8,15,18H,2,6,9-10H2,1H3. The molecule has 2 aromatic rings. The molecule has 0 amide bonds. The molecule has 3 rings (SSSR count). The molecule has 106 valence electrons. The van der Waals surface area contributed by atoms with E-state index in [2.05, 4.69) is 57.8 Å². The molecule has 1 aromatic carbocycles. The molecule has 1 unspecified atom stereocenters. The van der Waals surface area contributed by atoms with Gasteiger partial charge in [-0.15, -0.1) is 11.3 Å². The van der Waals surface area contributed by atoms with Gasteiger partial charge in [0.05, 0.1) is 19.3 Å². The number of halogens is 1. The summed E-state index contributed by atoms with van der Waals surface area (Å²) in [7, 11) is 0. The van der Waals surface area contributed by atoms with Crippen LogP contribution in [0.3, 0.4) is 0 Å². The second-order valence-corrected chi connectivity index (χ2v) is 6.84. The number of hydrogen-bond donors (Lipinski definition) is 1. The first-order valence-electron chi connectivity index (χ1n) is 6.95. The Kier molecular flexibility index (Phi) is 4.56. The minimum Gasteiger partial charge on any atom is -0.372 e. The molecule has 1 aliphatic heterocycles. The summed E-state index contributed by atoms with van der Waals surface area (Å²) >= 11 is 5.46. The van der Waals surface area contributed by atoms with Gasteiger partial charge in [-0.3, -0.25) is 0 Å².